The Bertz CT molecular complexity index is 603. The first-order valence-electron chi connectivity index (χ1n) is 5.25. The average molecular weight is 284 g/mol. The summed E-state index contributed by atoms with van der Waals surface area (Å²) in [4.78, 5) is 0.301. The molecule has 0 aliphatic carbocycles. The van der Waals surface area contributed by atoms with Gasteiger partial charge in [0.1, 0.15) is 5.82 Å². The van der Waals surface area contributed by atoms with E-state index in [-0.39, 0.29) is 5.75 Å². The molecule has 0 saturated heterocycles. The van der Waals surface area contributed by atoms with E-state index in [2.05, 4.69) is 0 Å². The second-order valence-electron chi connectivity index (χ2n) is 3.76. The third-order valence-electron chi connectivity index (χ3n) is 2.47. The fourth-order valence-electron chi connectivity index (χ4n) is 1.54. The van der Waals surface area contributed by atoms with Crippen molar-refractivity contribution in [2.24, 2.45) is 0 Å². The number of rotatable bonds is 3. The van der Waals surface area contributed by atoms with Crippen molar-refractivity contribution in [1.82, 2.24) is 0 Å². The molecule has 0 radical (unpaired) electrons. The average Bonchev–Trinajstić information content (AvgIpc) is 2.35. The minimum Gasteiger partial charge on any atom is -0.398 e. The summed E-state index contributed by atoms with van der Waals surface area (Å²) in [7, 11) is -1.42. The summed E-state index contributed by atoms with van der Waals surface area (Å²) >= 11 is 5.99. The molecular weight excluding hydrogens is 273 g/mol. The summed E-state index contributed by atoms with van der Waals surface area (Å²) in [6.45, 7) is 0. The van der Waals surface area contributed by atoms with Gasteiger partial charge in [-0.3, -0.25) is 4.21 Å². The molecule has 0 fully saturated rings. The Morgan fingerprint density at radius 3 is 2.67 bits per heavy atom. The van der Waals surface area contributed by atoms with E-state index >= 15 is 0 Å². The Kier molecular flexibility index (Phi) is 3.99. The summed E-state index contributed by atoms with van der Waals surface area (Å²) in [5.41, 5.74) is 6.76. The van der Waals surface area contributed by atoms with Crippen molar-refractivity contribution >= 4 is 28.1 Å². The third kappa shape index (κ3) is 2.89. The summed E-state index contributed by atoms with van der Waals surface area (Å²) < 4.78 is 25.3. The van der Waals surface area contributed by atoms with Crippen LogP contribution in [0.3, 0.4) is 0 Å². The molecule has 0 heterocycles. The Morgan fingerprint density at radius 2 is 1.94 bits per heavy atom. The van der Waals surface area contributed by atoms with Crippen LogP contribution in [0.2, 0.25) is 5.02 Å². The number of hydrogen-bond donors (Lipinski definition) is 1. The summed E-state index contributed by atoms with van der Waals surface area (Å²) in [5.74, 6) is -0.237. The first-order valence-corrected chi connectivity index (χ1v) is 6.94. The molecule has 2 nitrogen and oxygen atoms in total. The van der Waals surface area contributed by atoms with Crippen molar-refractivity contribution in [3.8, 4) is 0 Å². The van der Waals surface area contributed by atoms with Gasteiger partial charge < -0.3 is 5.73 Å². The lowest BCUT2D eigenvalue weighted by Gasteiger charge is -2.07. The van der Waals surface area contributed by atoms with E-state index < -0.39 is 16.6 Å². The van der Waals surface area contributed by atoms with E-state index in [0.717, 1.165) is 5.56 Å². The molecule has 0 aliphatic rings. The fraction of sp³-hybridized carbons (Fsp3) is 0.0769. The van der Waals surface area contributed by atoms with Crippen LogP contribution in [-0.2, 0) is 16.6 Å². The van der Waals surface area contributed by atoms with Gasteiger partial charge in [0.15, 0.2) is 0 Å². The standard InChI is InChI=1S/C13H11ClFNOS/c14-11-4-2-1-3-9(11)8-18(17)13-7-10(15)5-6-12(13)16/h1-7H,8,16H2. The Balaban J connectivity index is 2.28. The smallest absolute Gasteiger partial charge is 0.124 e. The number of anilines is 1. The van der Waals surface area contributed by atoms with E-state index in [1.54, 1.807) is 18.2 Å². The molecule has 2 aromatic carbocycles. The van der Waals surface area contributed by atoms with Crippen LogP contribution >= 0.6 is 11.6 Å². The number of nitrogens with two attached hydrogens (primary N) is 1. The molecule has 1 unspecified atom stereocenters. The second-order valence-corrected chi connectivity index (χ2v) is 5.59. The Labute approximate surface area is 112 Å². The largest absolute Gasteiger partial charge is 0.398 e. The lowest BCUT2D eigenvalue weighted by atomic mass is 10.2. The van der Waals surface area contributed by atoms with Gasteiger partial charge in [-0.15, -0.1) is 0 Å². The molecule has 0 saturated carbocycles. The summed E-state index contributed by atoms with van der Waals surface area (Å²) in [5, 5.41) is 0.542. The SMILES string of the molecule is Nc1ccc(F)cc1S(=O)Cc1ccccc1Cl. The minimum atomic E-state index is -1.42. The van der Waals surface area contributed by atoms with Crippen LogP contribution in [0.25, 0.3) is 0 Å². The van der Waals surface area contributed by atoms with Gasteiger partial charge in [-0.25, -0.2) is 4.39 Å². The van der Waals surface area contributed by atoms with Crippen LogP contribution in [0.15, 0.2) is 47.4 Å². The first-order chi connectivity index (χ1) is 8.58. The number of halogens is 2. The molecule has 2 rings (SSSR count). The highest BCUT2D eigenvalue weighted by molar-refractivity contribution is 7.84. The normalized spacial score (nSPS) is 12.3. The lowest BCUT2D eigenvalue weighted by Crippen LogP contribution is -2.02. The van der Waals surface area contributed by atoms with Gasteiger partial charge in [0.2, 0.25) is 0 Å². The van der Waals surface area contributed by atoms with Gasteiger partial charge in [0, 0.05) is 10.7 Å². The Hall–Kier alpha value is -1.39. The van der Waals surface area contributed by atoms with Gasteiger partial charge in [0.05, 0.1) is 21.4 Å². The van der Waals surface area contributed by atoms with Gasteiger partial charge in [0.25, 0.3) is 0 Å². The van der Waals surface area contributed by atoms with Crippen LogP contribution < -0.4 is 5.73 Å². The molecule has 1 atom stereocenters. The van der Waals surface area contributed by atoms with Crippen LogP contribution in [0, 0.1) is 5.82 Å². The highest BCUT2D eigenvalue weighted by Crippen LogP contribution is 2.23. The number of benzene rings is 2. The van der Waals surface area contributed by atoms with Crippen LogP contribution in [0.4, 0.5) is 10.1 Å². The molecule has 5 heteroatoms. The Morgan fingerprint density at radius 1 is 1.22 bits per heavy atom. The molecule has 18 heavy (non-hydrogen) atoms. The van der Waals surface area contributed by atoms with Gasteiger partial charge in [-0.2, -0.15) is 0 Å². The molecule has 0 amide bonds. The minimum absolute atomic E-state index is 0.216. The van der Waals surface area contributed by atoms with Gasteiger partial charge in [-0.05, 0) is 29.8 Å². The summed E-state index contributed by atoms with van der Waals surface area (Å²) in [6, 6.07) is 11.0. The maximum Gasteiger partial charge on any atom is 0.124 e. The maximum absolute atomic E-state index is 13.1. The van der Waals surface area contributed by atoms with Crippen molar-refractivity contribution < 1.29 is 8.60 Å². The van der Waals surface area contributed by atoms with Gasteiger partial charge >= 0.3 is 0 Å². The zero-order chi connectivity index (χ0) is 13.1. The highest BCUT2D eigenvalue weighted by Gasteiger charge is 2.11. The first kappa shape index (κ1) is 13.1. The predicted molar refractivity (Wildman–Crippen MR) is 72.4 cm³/mol. The van der Waals surface area contributed by atoms with Gasteiger partial charge in [-0.1, -0.05) is 29.8 Å². The number of hydrogen-bond acceptors (Lipinski definition) is 2. The highest BCUT2D eigenvalue weighted by atomic mass is 35.5. The fourth-order valence-corrected chi connectivity index (χ4v) is 3.09. The van der Waals surface area contributed by atoms with E-state index in [1.165, 1.54) is 18.2 Å². The molecule has 94 valence electrons. The van der Waals surface area contributed by atoms with E-state index in [4.69, 9.17) is 17.3 Å². The topological polar surface area (TPSA) is 43.1 Å². The summed E-state index contributed by atoms with van der Waals surface area (Å²) in [6.07, 6.45) is 0. The van der Waals surface area contributed by atoms with Crippen LogP contribution in [-0.4, -0.2) is 4.21 Å². The van der Waals surface area contributed by atoms with E-state index in [0.29, 0.717) is 15.6 Å². The van der Waals surface area contributed by atoms with Crippen LogP contribution in [0.5, 0.6) is 0 Å². The maximum atomic E-state index is 13.1. The molecule has 2 N–H and O–H groups in total. The van der Waals surface area contributed by atoms with E-state index in [9.17, 15) is 8.60 Å². The van der Waals surface area contributed by atoms with E-state index in [1.807, 2.05) is 6.07 Å². The molecule has 0 aliphatic heterocycles. The zero-order valence-electron chi connectivity index (χ0n) is 9.40. The van der Waals surface area contributed by atoms with Crippen LogP contribution in [0.1, 0.15) is 5.56 Å². The molecule has 0 bridgehead atoms. The monoisotopic (exact) mass is 283 g/mol. The van der Waals surface area contributed by atoms with Crippen molar-refractivity contribution in [3.63, 3.8) is 0 Å². The van der Waals surface area contributed by atoms with Crippen molar-refractivity contribution in [1.29, 1.82) is 0 Å². The zero-order valence-corrected chi connectivity index (χ0v) is 11.0. The number of nitrogen functional groups attached to an aromatic ring is 1. The van der Waals surface area contributed by atoms with Crippen molar-refractivity contribution in [2.75, 3.05) is 5.73 Å². The van der Waals surface area contributed by atoms with Crippen molar-refractivity contribution in [2.45, 2.75) is 10.6 Å². The third-order valence-corrected chi connectivity index (χ3v) is 4.25. The molecule has 2 aromatic rings. The van der Waals surface area contributed by atoms with Crippen molar-refractivity contribution in [3.05, 3.63) is 58.9 Å². The quantitative estimate of drug-likeness (QED) is 0.878. The second kappa shape index (κ2) is 5.50. The molecular formula is C13H11ClFNOS. The lowest BCUT2D eigenvalue weighted by molar-refractivity contribution is 0.623. The molecule has 0 aromatic heterocycles. The predicted octanol–water partition coefficient (Wildman–Crippen LogP) is 3.37. The molecule has 0 spiro atoms.